The minimum atomic E-state index is 0.00876. The SMILES string of the molecule is CC1CC(CCCCOC(=O)C2CCC3OC3C2)CC2OC12. The summed E-state index contributed by atoms with van der Waals surface area (Å²) in [6, 6.07) is 0. The van der Waals surface area contributed by atoms with E-state index in [1.54, 1.807) is 0 Å². The lowest BCUT2D eigenvalue weighted by Gasteiger charge is -2.23. The average molecular weight is 308 g/mol. The molecule has 2 saturated heterocycles. The van der Waals surface area contributed by atoms with Gasteiger partial charge in [-0.1, -0.05) is 13.3 Å². The van der Waals surface area contributed by atoms with Gasteiger partial charge in [0, 0.05) is 0 Å². The van der Waals surface area contributed by atoms with Gasteiger partial charge < -0.3 is 14.2 Å². The minimum Gasteiger partial charge on any atom is -0.465 e. The molecule has 22 heavy (non-hydrogen) atoms. The third kappa shape index (κ3) is 3.33. The van der Waals surface area contributed by atoms with Crippen molar-refractivity contribution in [3.05, 3.63) is 0 Å². The first-order valence-electron chi connectivity index (χ1n) is 9.18. The molecule has 7 atom stereocenters. The summed E-state index contributed by atoms with van der Waals surface area (Å²) in [6.45, 7) is 2.91. The Labute approximate surface area is 132 Å². The van der Waals surface area contributed by atoms with Gasteiger partial charge >= 0.3 is 5.97 Å². The largest absolute Gasteiger partial charge is 0.465 e. The van der Waals surface area contributed by atoms with Crippen LogP contribution in [0.2, 0.25) is 0 Å². The van der Waals surface area contributed by atoms with Crippen LogP contribution in [0.25, 0.3) is 0 Å². The number of hydrogen-bond donors (Lipinski definition) is 0. The number of epoxide rings is 2. The Kier molecular flexibility index (Phi) is 4.16. The van der Waals surface area contributed by atoms with Gasteiger partial charge in [0.2, 0.25) is 0 Å². The van der Waals surface area contributed by atoms with Crippen LogP contribution in [-0.2, 0) is 19.0 Å². The Morgan fingerprint density at radius 3 is 2.77 bits per heavy atom. The van der Waals surface area contributed by atoms with Crippen molar-refractivity contribution in [2.45, 2.75) is 82.7 Å². The number of fused-ring (bicyclic) bond motifs is 2. The molecule has 0 spiro atoms. The molecule has 4 fully saturated rings. The Bertz CT molecular complexity index is 423. The Morgan fingerprint density at radius 1 is 1.05 bits per heavy atom. The van der Waals surface area contributed by atoms with E-state index in [1.807, 2.05) is 0 Å². The van der Waals surface area contributed by atoms with E-state index in [0.29, 0.717) is 31.0 Å². The second-order valence-corrected chi connectivity index (χ2v) is 7.84. The van der Waals surface area contributed by atoms with E-state index in [1.165, 1.54) is 25.7 Å². The molecule has 0 aromatic carbocycles. The number of ether oxygens (including phenoxy) is 3. The van der Waals surface area contributed by atoms with E-state index >= 15 is 0 Å². The minimum absolute atomic E-state index is 0.00876. The van der Waals surface area contributed by atoms with E-state index in [9.17, 15) is 4.79 Å². The van der Waals surface area contributed by atoms with Crippen molar-refractivity contribution in [2.75, 3.05) is 6.61 Å². The van der Waals surface area contributed by atoms with Gasteiger partial charge in [0.1, 0.15) is 0 Å². The fourth-order valence-electron chi connectivity index (χ4n) is 4.61. The topological polar surface area (TPSA) is 51.4 Å². The highest BCUT2D eigenvalue weighted by Crippen LogP contribution is 2.44. The fourth-order valence-corrected chi connectivity index (χ4v) is 4.61. The first-order chi connectivity index (χ1) is 10.7. The summed E-state index contributed by atoms with van der Waals surface area (Å²) >= 11 is 0. The molecule has 0 bridgehead atoms. The summed E-state index contributed by atoms with van der Waals surface area (Å²) in [5.74, 6) is 1.65. The molecular weight excluding hydrogens is 280 g/mol. The zero-order valence-electron chi connectivity index (χ0n) is 13.5. The first kappa shape index (κ1) is 14.9. The standard InChI is InChI=1S/C18H28O4/c1-11-8-12(9-16-17(11)22-16)4-2-3-7-20-18(19)13-5-6-14-15(10-13)21-14/h11-17H,2-10H2,1H3. The number of carbonyl (C=O) groups is 1. The Hall–Kier alpha value is -0.610. The molecule has 2 saturated carbocycles. The van der Waals surface area contributed by atoms with Gasteiger partial charge in [0.05, 0.1) is 36.9 Å². The van der Waals surface area contributed by atoms with E-state index in [2.05, 4.69) is 6.92 Å². The number of rotatable bonds is 6. The van der Waals surface area contributed by atoms with Crippen LogP contribution < -0.4 is 0 Å². The summed E-state index contributed by atoms with van der Waals surface area (Å²) in [5.41, 5.74) is 0. The molecule has 0 N–H and O–H groups in total. The molecule has 4 heteroatoms. The zero-order valence-corrected chi connectivity index (χ0v) is 13.5. The molecule has 0 amide bonds. The maximum atomic E-state index is 12.0. The van der Waals surface area contributed by atoms with Crippen molar-refractivity contribution >= 4 is 5.97 Å². The Balaban J connectivity index is 1.08. The summed E-state index contributed by atoms with van der Waals surface area (Å²) in [5, 5.41) is 0. The van der Waals surface area contributed by atoms with Gasteiger partial charge in [-0.05, 0) is 56.8 Å². The summed E-state index contributed by atoms with van der Waals surface area (Å²) < 4.78 is 16.6. The number of hydrogen-bond acceptors (Lipinski definition) is 4. The van der Waals surface area contributed by atoms with Crippen molar-refractivity contribution in [1.29, 1.82) is 0 Å². The molecule has 4 nitrogen and oxygen atoms in total. The molecular formula is C18H28O4. The lowest BCUT2D eigenvalue weighted by molar-refractivity contribution is -0.149. The highest BCUT2D eigenvalue weighted by atomic mass is 16.6. The van der Waals surface area contributed by atoms with Gasteiger partial charge in [-0.2, -0.15) is 0 Å². The number of carbonyl (C=O) groups excluding carboxylic acids is 1. The second-order valence-electron chi connectivity index (χ2n) is 7.84. The molecule has 2 heterocycles. The van der Waals surface area contributed by atoms with Crippen molar-refractivity contribution < 1.29 is 19.0 Å². The molecule has 4 aliphatic rings. The van der Waals surface area contributed by atoms with Crippen LogP contribution in [0.1, 0.15) is 58.3 Å². The van der Waals surface area contributed by atoms with Crippen LogP contribution >= 0.6 is 0 Å². The van der Waals surface area contributed by atoms with Crippen molar-refractivity contribution in [3.63, 3.8) is 0 Å². The lowest BCUT2D eigenvalue weighted by Crippen LogP contribution is -2.24. The third-order valence-electron chi connectivity index (χ3n) is 6.04. The molecule has 2 aliphatic carbocycles. The maximum Gasteiger partial charge on any atom is 0.309 e. The third-order valence-corrected chi connectivity index (χ3v) is 6.04. The van der Waals surface area contributed by atoms with Crippen molar-refractivity contribution in [1.82, 2.24) is 0 Å². The van der Waals surface area contributed by atoms with Crippen LogP contribution in [0.4, 0.5) is 0 Å². The van der Waals surface area contributed by atoms with Crippen LogP contribution in [0.3, 0.4) is 0 Å². The number of esters is 1. The molecule has 4 rings (SSSR count). The second kappa shape index (κ2) is 6.12. The normalized spacial score (nSPS) is 45.6. The van der Waals surface area contributed by atoms with Gasteiger partial charge in [-0.15, -0.1) is 0 Å². The molecule has 0 aromatic heterocycles. The van der Waals surface area contributed by atoms with Crippen molar-refractivity contribution in [2.24, 2.45) is 17.8 Å². The smallest absolute Gasteiger partial charge is 0.309 e. The zero-order chi connectivity index (χ0) is 15.1. The quantitative estimate of drug-likeness (QED) is 0.430. The van der Waals surface area contributed by atoms with Crippen LogP contribution in [-0.4, -0.2) is 37.0 Å². The summed E-state index contributed by atoms with van der Waals surface area (Å²) in [7, 11) is 0. The van der Waals surface area contributed by atoms with E-state index < -0.39 is 0 Å². The van der Waals surface area contributed by atoms with Crippen molar-refractivity contribution in [3.8, 4) is 0 Å². The number of unbranched alkanes of at least 4 members (excludes halogenated alkanes) is 1. The average Bonchev–Trinajstić information content (AvgIpc) is 3.39. The predicted molar refractivity (Wildman–Crippen MR) is 81.4 cm³/mol. The maximum absolute atomic E-state index is 12.0. The van der Waals surface area contributed by atoms with Gasteiger partial charge in [0.25, 0.3) is 0 Å². The summed E-state index contributed by atoms with van der Waals surface area (Å²) in [4.78, 5) is 12.0. The first-order valence-corrected chi connectivity index (χ1v) is 9.18. The molecule has 0 aromatic rings. The highest BCUT2D eigenvalue weighted by molar-refractivity contribution is 5.72. The fraction of sp³-hybridized carbons (Fsp3) is 0.944. The monoisotopic (exact) mass is 308 g/mol. The van der Waals surface area contributed by atoms with Gasteiger partial charge in [-0.3, -0.25) is 4.79 Å². The molecule has 0 radical (unpaired) electrons. The highest BCUT2D eigenvalue weighted by Gasteiger charge is 2.48. The van der Waals surface area contributed by atoms with E-state index in [-0.39, 0.29) is 11.9 Å². The molecule has 2 aliphatic heterocycles. The van der Waals surface area contributed by atoms with Crippen LogP contribution in [0.5, 0.6) is 0 Å². The van der Waals surface area contributed by atoms with E-state index in [4.69, 9.17) is 14.2 Å². The van der Waals surface area contributed by atoms with Gasteiger partial charge in [0.15, 0.2) is 0 Å². The Morgan fingerprint density at radius 2 is 1.95 bits per heavy atom. The van der Waals surface area contributed by atoms with Crippen LogP contribution in [0, 0.1) is 17.8 Å². The van der Waals surface area contributed by atoms with E-state index in [0.717, 1.165) is 37.5 Å². The summed E-state index contributed by atoms with van der Waals surface area (Å²) in [6.07, 6.45) is 10.8. The predicted octanol–water partition coefficient (Wildman–Crippen LogP) is 3.08. The lowest BCUT2D eigenvalue weighted by atomic mass is 9.80. The molecule has 124 valence electrons. The van der Waals surface area contributed by atoms with Gasteiger partial charge in [-0.25, -0.2) is 0 Å². The molecule has 7 unspecified atom stereocenters. The van der Waals surface area contributed by atoms with Crippen LogP contribution in [0.15, 0.2) is 0 Å².